The lowest BCUT2D eigenvalue weighted by Gasteiger charge is -2.16. The van der Waals surface area contributed by atoms with Crippen molar-refractivity contribution in [3.63, 3.8) is 0 Å². The van der Waals surface area contributed by atoms with Gasteiger partial charge in [-0.05, 0) is 6.92 Å². The molecule has 0 fully saturated rings. The number of carboxylic acid groups (broad SMARTS) is 1. The van der Waals surface area contributed by atoms with Crippen LogP contribution in [0.3, 0.4) is 0 Å². The minimum absolute atomic E-state index is 0.0408. The molecule has 0 saturated heterocycles. The molecule has 0 aromatic rings. The van der Waals surface area contributed by atoms with Gasteiger partial charge in [-0.2, -0.15) is 0 Å². The van der Waals surface area contributed by atoms with Crippen LogP contribution >= 0.6 is 0 Å². The van der Waals surface area contributed by atoms with Crippen LogP contribution in [0.4, 0.5) is 4.79 Å². The molecule has 2 atom stereocenters. The molecule has 11 nitrogen and oxygen atoms in total. The van der Waals surface area contributed by atoms with Crippen molar-refractivity contribution in [2.75, 3.05) is 26.4 Å². The lowest BCUT2D eigenvalue weighted by molar-refractivity contribution is -0.758. The first kappa shape index (κ1) is 17.9. The van der Waals surface area contributed by atoms with Gasteiger partial charge in [0.2, 0.25) is 0 Å². The zero-order valence-electron chi connectivity index (χ0n) is 10.7. The van der Waals surface area contributed by atoms with E-state index in [4.69, 9.17) is 14.9 Å². The summed E-state index contributed by atoms with van der Waals surface area (Å²) >= 11 is 0. The summed E-state index contributed by atoms with van der Waals surface area (Å²) < 4.78 is 9.41. The van der Waals surface area contributed by atoms with Gasteiger partial charge in [0.1, 0.15) is 13.2 Å². The maximum absolute atomic E-state index is 11.2. The third-order valence-electron chi connectivity index (χ3n) is 1.91. The number of aliphatic carboxylic acids is 1. The fourth-order valence-electron chi connectivity index (χ4n) is 1.02. The summed E-state index contributed by atoms with van der Waals surface area (Å²) in [6, 6.07) is -1.48. The second-order valence-corrected chi connectivity index (χ2v) is 3.51. The molecule has 20 heavy (non-hydrogen) atoms. The highest BCUT2D eigenvalue weighted by Crippen LogP contribution is 1.94. The van der Waals surface area contributed by atoms with Crippen LogP contribution in [0.2, 0.25) is 0 Å². The Hall–Kier alpha value is -2.14. The summed E-state index contributed by atoms with van der Waals surface area (Å²) in [5, 5.41) is 28.5. The number of amides is 1. The second kappa shape index (κ2) is 9.75. The van der Waals surface area contributed by atoms with Gasteiger partial charge in [0.25, 0.3) is 5.09 Å². The van der Waals surface area contributed by atoms with Crippen LogP contribution in [0, 0.1) is 10.1 Å². The van der Waals surface area contributed by atoms with Crippen molar-refractivity contribution in [2.24, 2.45) is 0 Å². The smallest absolute Gasteiger partial charge is 0.408 e. The monoisotopic (exact) mass is 296 g/mol. The third-order valence-corrected chi connectivity index (χ3v) is 1.91. The van der Waals surface area contributed by atoms with E-state index >= 15 is 0 Å². The molecule has 0 bridgehead atoms. The van der Waals surface area contributed by atoms with Crippen LogP contribution in [0.15, 0.2) is 0 Å². The molecule has 0 spiro atoms. The molecule has 0 rings (SSSR count). The van der Waals surface area contributed by atoms with E-state index in [1.807, 2.05) is 5.32 Å². The topological polar surface area (TPSA) is 157 Å². The Bertz CT molecular complexity index is 333. The Kier molecular flexibility index (Phi) is 8.70. The average Bonchev–Trinajstić information content (AvgIpc) is 2.33. The molecule has 0 radical (unpaired) electrons. The van der Waals surface area contributed by atoms with E-state index < -0.39 is 29.3 Å². The molecule has 0 aliphatic heterocycles. The van der Waals surface area contributed by atoms with E-state index in [1.165, 1.54) is 6.92 Å². The van der Waals surface area contributed by atoms with Gasteiger partial charge < -0.3 is 29.8 Å². The normalized spacial score (nSPS) is 13.1. The van der Waals surface area contributed by atoms with Gasteiger partial charge in [-0.25, -0.2) is 9.59 Å². The first-order valence-electron chi connectivity index (χ1n) is 5.53. The van der Waals surface area contributed by atoms with Crippen molar-refractivity contribution in [3.8, 4) is 0 Å². The van der Waals surface area contributed by atoms with E-state index in [0.29, 0.717) is 0 Å². The van der Waals surface area contributed by atoms with E-state index in [0.717, 1.165) is 0 Å². The molecule has 0 saturated carbocycles. The van der Waals surface area contributed by atoms with E-state index in [2.05, 4.69) is 9.57 Å². The summed E-state index contributed by atoms with van der Waals surface area (Å²) in [4.78, 5) is 35.5. The zero-order valence-corrected chi connectivity index (χ0v) is 10.7. The zero-order chi connectivity index (χ0) is 15.5. The van der Waals surface area contributed by atoms with Crippen molar-refractivity contribution < 1.29 is 39.2 Å². The van der Waals surface area contributed by atoms with Crippen LogP contribution in [0.5, 0.6) is 0 Å². The highest BCUT2D eigenvalue weighted by Gasteiger charge is 2.25. The molecule has 0 aromatic heterocycles. The van der Waals surface area contributed by atoms with Gasteiger partial charge in [-0.15, -0.1) is 10.1 Å². The van der Waals surface area contributed by atoms with Gasteiger partial charge in [0.15, 0.2) is 6.04 Å². The number of rotatable bonds is 10. The molecule has 2 unspecified atom stereocenters. The number of nitrogens with one attached hydrogen (secondary N) is 1. The van der Waals surface area contributed by atoms with Crippen LogP contribution in [0.1, 0.15) is 6.92 Å². The third kappa shape index (κ3) is 8.88. The molecular formula is C9H16N2O9. The number of hydrogen-bond acceptors (Lipinski definition) is 8. The summed E-state index contributed by atoms with van der Waals surface area (Å²) in [6.45, 7) is 0.675. The number of carbonyl (C=O) groups excluding carboxylic acids is 1. The standard InChI is InChI=1S/C9H16N2O9/c1-6(12)7(8(13)14)10-9(15)19-4-2-18-3-5-20-11(16)17/h6-7,12H,2-5H2,1H3,(H,10,15)(H,13,14). The molecule has 116 valence electrons. The minimum Gasteiger partial charge on any atom is -0.480 e. The number of carbonyl (C=O) groups is 2. The molecule has 3 N–H and O–H groups in total. The van der Waals surface area contributed by atoms with Crippen LogP contribution < -0.4 is 5.32 Å². The number of nitrogens with zero attached hydrogens (tertiary/aromatic N) is 1. The molecule has 0 heterocycles. The molecule has 1 amide bonds. The van der Waals surface area contributed by atoms with E-state index in [9.17, 15) is 19.7 Å². The van der Waals surface area contributed by atoms with Gasteiger partial charge in [0, 0.05) is 0 Å². The van der Waals surface area contributed by atoms with Crippen molar-refractivity contribution in [2.45, 2.75) is 19.1 Å². The predicted molar refractivity (Wildman–Crippen MR) is 61.4 cm³/mol. The Balaban J connectivity index is 3.68. The first-order valence-corrected chi connectivity index (χ1v) is 5.53. The average molecular weight is 296 g/mol. The summed E-state index contributed by atoms with van der Waals surface area (Å²) in [7, 11) is 0. The molecule has 0 aromatic carbocycles. The molecule has 0 aliphatic rings. The van der Waals surface area contributed by atoms with Crippen molar-refractivity contribution in [3.05, 3.63) is 10.1 Å². The van der Waals surface area contributed by atoms with Crippen molar-refractivity contribution in [1.82, 2.24) is 5.32 Å². The van der Waals surface area contributed by atoms with E-state index in [-0.39, 0.29) is 26.4 Å². The Morgan fingerprint density at radius 1 is 1.30 bits per heavy atom. The second-order valence-electron chi connectivity index (χ2n) is 3.51. The maximum atomic E-state index is 11.2. The van der Waals surface area contributed by atoms with Gasteiger partial charge >= 0.3 is 12.1 Å². The van der Waals surface area contributed by atoms with Gasteiger partial charge in [-0.3, -0.25) is 0 Å². The largest absolute Gasteiger partial charge is 0.480 e. The number of aliphatic hydroxyl groups excluding tert-OH is 1. The van der Waals surface area contributed by atoms with E-state index in [1.54, 1.807) is 0 Å². The summed E-state index contributed by atoms with van der Waals surface area (Å²) in [5.74, 6) is -1.40. The quantitative estimate of drug-likeness (QED) is 0.255. The maximum Gasteiger partial charge on any atom is 0.408 e. The predicted octanol–water partition coefficient (Wildman–Crippen LogP) is -1.23. The fourth-order valence-corrected chi connectivity index (χ4v) is 1.02. The van der Waals surface area contributed by atoms with Crippen LogP contribution in [-0.2, 0) is 19.1 Å². The SMILES string of the molecule is CC(O)C(NC(=O)OCCOCCO[N+](=O)[O-])C(=O)O. The van der Waals surface area contributed by atoms with Crippen LogP contribution in [0.25, 0.3) is 0 Å². The van der Waals surface area contributed by atoms with Crippen molar-refractivity contribution in [1.29, 1.82) is 0 Å². The minimum atomic E-state index is -1.48. The number of alkyl carbamates (subject to hydrolysis) is 1. The Morgan fingerprint density at radius 2 is 1.90 bits per heavy atom. The molecule has 0 aliphatic carbocycles. The highest BCUT2D eigenvalue weighted by atomic mass is 17.0. The number of aliphatic hydroxyl groups is 1. The lowest BCUT2D eigenvalue weighted by atomic mass is 10.2. The Morgan fingerprint density at radius 3 is 2.40 bits per heavy atom. The van der Waals surface area contributed by atoms with Crippen molar-refractivity contribution >= 4 is 12.1 Å². The van der Waals surface area contributed by atoms with Gasteiger partial charge in [0.05, 0.1) is 19.3 Å². The highest BCUT2D eigenvalue weighted by molar-refractivity contribution is 5.80. The summed E-state index contributed by atoms with van der Waals surface area (Å²) in [5.41, 5.74) is 0. The number of hydrogen-bond donors (Lipinski definition) is 3. The van der Waals surface area contributed by atoms with Gasteiger partial charge in [-0.1, -0.05) is 0 Å². The number of ether oxygens (including phenoxy) is 2. The number of carboxylic acids is 1. The molecule has 11 heteroatoms. The molecular weight excluding hydrogens is 280 g/mol. The first-order chi connectivity index (χ1) is 9.34. The van der Waals surface area contributed by atoms with Crippen LogP contribution in [-0.4, -0.2) is 65.9 Å². The fraction of sp³-hybridized carbons (Fsp3) is 0.778. The lowest BCUT2D eigenvalue weighted by Crippen LogP contribution is -2.47. The summed E-state index contributed by atoms with van der Waals surface area (Å²) in [6.07, 6.45) is -2.31. The Labute approximate surface area is 113 Å².